The normalized spacial score (nSPS) is 24.4. The van der Waals surface area contributed by atoms with Crippen molar-refractivity contribution in [3.63, 3.8) is 0 Å². The second-order valence-corrected chi connectivity index (χ2v) is 8.00. The quantitative estimate of drug-likeness (QED) is 0.395. The molecule has 0 radical (unpaired) electrons. The van der Waals surface area contributed by atoms with Crippen LogP contribution in [0.15, 0.2) is 0 Å². The number of carbonyl (C=O) groups is 1. The molecule has 1 fully saturated rings. The predicted octanol–water partition coefficient (Wildman–Crippen LogP) is 4.04. The van der Waals surface area contributed by atoms with Crippen molar-refractivity contribution in [3.05, 3.63) is 0 Å². The Balaban J connectivity index is 2.37. The average Bonchev–Trinajstić information content (AvgIpc) is 2.44. The highest BCUT2D eigenvalue weighted by Crippen LogP contribution is 2.31. The SMILES string of the molecule is CCCCCCC(CCC)C(=O)O[C@H]1CSSC[C@@H]1O. The van der Waals surface area contributed by atoms with Crippen LogP contribution in [-0.2, 0) is 9.53 Å². The van der Waals surface area contributed by atoms with Crippen LogP contribution in [0.5, 0.6) is 0 Å². The predicted molar refractivity (Wildman–Crippen MR) is 88.0 cm³/mol. The highest BCUT2D eigenvalue weighted by Gasteiger charge is 2.30. The molecule has 0 saturated carbocycles. The summed E-state index contributed by atoms with van der Waals surface area (Å²) in [5.41, 5.74) is 0. The Bertz CT molecular complexity index is 274. The highest BCUT2D eigenvalue weighted by atomic mass is 33.1. The third kappa shape index (κ3) is 6.72. The Kier molecular flexibility index (Phi) is 9.82. The summed E-state index contributed by atoms with van der Waals surface area (Å²) in [6.07, 6.45) is 6.76. The number of hydrogen-bond donors (Lipinski definition) is 1. The maximum atomic E-state index is 12.3. The number of esters is 1. The van der Waals surface area contributed by atoms with Gasteiger partial charge in [-0.05, 0) is 12.8 Å². The van der Waals surface area contributed by atoms with E-state index in [1.54, 1.807) is 21.6 Å². The smallest absolute Gasteiger partial charge is 0.309 e. The summed E-state index contributed by atoms with van der Waals surface area (Å²) < 4.78 is 5.55. The average molecular weight is 321 g/mol. The van der Waals surface area contributed by atoms with Crippen LogP contribution < -0.4 is 0 Å². The van der Waals surface area contributed by atoms with Gasteiger partial charge in [0.2, 0.25) is 0 Å². The number of unbranched alkanes of at least 4 members (excludes halogenated alkanes) is 3. The minimum absolute atomic E-state index is 0.0173. The van der Waals surface area contributed by atoms with Crippen molar-refractivity contribution in [2.24, 2.45) is 5.92 Å². The van der Waals surface area contributed by atoms with Gasteiger partial charge >= 0.3 is 5.97 Å². The zero-order valence-electron chi connectivity index (χ0n) is 12.7. The van der Waals surface area contributed by atoms with E-state index in [1.807, 2.05) is 0 Å². The van der Waals surface area contributed by atoms with E-state index in [0.29, 0.717) is 11.5 Å². The summed E-state index contributed by atoms with van der Waals surface area (Å²) in [5.74, 6) is 1.27. The molecule has 0 aromatic carbocycles. The van der Waals surface area contributed by atoms with Crippen molar-refractivity contribution in [1.29, 1.82) is 0 Å². The number of aliphatic hydroxyl groups is 1. The van der Waals surface area contributed by atoms with Gasteiger partial charge in [0.1, 0.15) is 12.2 Å². The fourth-order valence-electron chi connectivity index (χ4n) is 2.36. The zero-order chi connectivity index (χ0) is 14.8. The molecule has 118 valence electrons. The topological polar surface area (TPSA) is 46.5 Å². The van der Waals surface area contributed by atoms with Crippen molar-refractivity contribution >= 4 is 27.6 Å². The van der Waals surface area contributed by atoms with E-state index in [9.17, 15) is 9.90 Å². The molecule has 3 atom stereocenters. The minimum atomic E-state index is -0.507. The Labute approximate surface area is 131 Å². The van der Waals surface area contributed by atoms with Crippen molar-refractivity contribution in [2.45, 2.75) is 71.0 Å². The lowest BCUT2D eigenvalue weighted by atomic mass is 9.96. The molecule has 0 amide bonds. The largest absolute Gasteiger partial charge is 0.458 e. The first-order valence-electron chi connectivity index (χ1n) is 7.82. The van der Waals surface area contributed by atoms with Crippen LogP contribution in [0.3, 0.4) is 0 Å². The maximum Gasteiger partial charge on any atom is 0.309 e. The van der Waals surface area contributed by atoms with Crippen molar-refractivity contribution in [3.8, 4) is 0 Å². The molecule has 20 heavy (non-hydrogen) atoms. The summed E-state index contributed by atoms with van der Waals surface area (Å²) in [7, 11) is 3.32. The van der Waals surface area contributed by atoms with Gasteiger partial charge in [0, 0.05) is 11.5 Å². The van der Waals surface area contributed by atoms with Crippen molar-refractivity contribution in [1.82, 2.24) is 0 Å². The lowest BCUT2D eigenvalue weighted by molar-refractivity contribution is -0.158. The standard InChI is InChI=1S/C15H28O3S2/c1-3-5-6-7-9-12(8-4-2)15(17)18-14-11-20-19-10-13(14)16/h12-14,16H,3-11H2,1-2H3/t12?,13-,14-/m0/s1. The van der Waals surface area contributed by atoms with Crippen LogP contribution in [0.2, 0.25) is 0 Å². The second-order valence-electron chi connectivity index (χ2n) is 5.45. The maximum absolute atomic E-state index is 12.3. The Morgan fingerprint density at radius 1 is 1.15 bits per heavy atom. The Morgan fingerprint density at radius 2 is 1.90 bits per heavy atom. The first-order chi connectivity index (χ1) is 9.69. The van der Waals surface area contributed by atoms with E-state index in [1.165, 1.54) is 19.3 Å². The number of rotatable bonds is 9. The molecule has 0 aliphatic carbocycles. The summed E-state index contributed by atoms with van der Waals surface area (Å²) in [4.78, 5) is 12.3. The molecule has 1 aliphatic heterocycles. The van der Waals surface area contributed by atoms with Crippen LogP contribution in [-0.4, -0.2) is 34.8 Å². The fraction of sp³-hybridized carbons (Fsp3) is 0.933. The molecule has 0 aromatic heterocycles. The molecule has 1 N–H and O–H groups in total. The van der Waals surface area contributed by atoms with Gasteiger partial charge in [0.25, 0.3) is 0 Å². The van der Waals surface area contributed by atoms with E-state index in [2.05, 4.69) is 13.8 Å². The molecular formula is C15H28O3S2. The van der Waals surface area contributed by atoms with Crippen LogP contribution >= 0.6 is 21.6 Å². The van der Waals surface area contributed by atoms with Gasteiger partial charge in [-0.15, -0.1) is 0 Å². The van der Waals surface area contributed by atoms with Gasteiger partial charge < -0.3 is 9.84 Å². The monoisotopic (exact) mass is 320 g/mol. The number of ether oxygens (including phenoxy) is 1. The highest BCUT2D eigenvalue weighted by molar-refractivity contribution is 8.76. The Morgan fingerprint density at radius 3 is 2.55 bits per heavy atom. The van der Waals surface area contributed by atoms with E-state index >= 15 is 0 Å². The van der Waals surface area contributed by atoms with Crippen LogP contribution in [0.4, 0.5) is 0 Å². The molecule has 3 nitrogen and oxygen atoms in total. The van der Waals surface area contributed by atoms with Gasteiger partial charge in [-0.3, -0.25) is 4.79 Å². The molecule has 1 saturated heterocycles. The second kappa shape index (κ2) is 10.8. The van der Waals surface area contributed by atoms with Crippen LogP contribution in [0.25, 0.3) is 0 Å². The first-order valence-corrected chi connectivity index (χ1v) is 10.3. The molecule has 5 heteroatoms. The minimum Gasteiger partial charge on any atom is -0.458 e. The molecule has 0 aromatic rings. The molecule has 1 rings (SSSR count). The van der Waals surface area contributed by atoms with Crippen molar-refractivity contribution < 1.29 is 14.6 Å². The van der Waals surface area contributed by atoms with E-state index in [0.717, 1.165) is 25.7 Å². The van der Waals surface area contributed by atoms with Crippen LogP contribution in [0, 0.1) is 5.92 Å². The van der Waals surface area contributed by atoms with Crippen LogP contribution in [0.1, 0.15) is 58.8 Å². The summed E-state index contributed by atoms with van der Waals surface area (Å²) in [5, 5.41) is 9.86. The molecule has 1 aliphatic rings. The lowest BCUT2D eigenvalue weighted by Gasteiger charge is -2.28. The lowest BCUT2D eigenvalue weighted by Crippen LogP contribution is -2.38. The molecular weight excluding hydrogens is 292 g/mol. The first kappa shape index (κ1) is 18.2. The zero-order valence-corrected chi connectivity index (χ0v) is 14.3. The summed E-state index contributed by atoms with van der Waals surface area (Å²) >= 11 is 0. The molecule has 1 heterocycles. The number of hydrogen-bond acceptors (Lipinski definition) is 5. The number of aliphatic hydroxyl groups excluding tert-OH is 1. The third-order valence-electron chi connectivity index (χ3n) is 3.63. The van der Waals surface area contributed by atoms with E-state index in [-0.39, 0.29) is 18.0 Å². The fourth-order valence-corrected chi connectivity index (χ4v) is 4.72. The third-order valence-corrected chi connectivity index (χ3v) is 6.05. The van der Waals surface area contributed by atoms with Gasteiger partial charge in [0.15, 0.2) is 0 Å². The summed E-state index contributed by atoms with van der Waals surface area (Å²) in [6.45, 7) is 4.30. The van der Waals surface area contributed by atoms with Gasteiger partial charge in [-0.1, -0.05) is 67.5 Å². The van der Waals surface area contributed by atoms with E-state index in [4.69, 9.17) is 4.74 Å². The summed E-state index contributed by atoms with van der Waals surface area (Å²) in [6, 6.07) is 0. The van der Waals surface area contributed by atoms with Gasteiger partial charge in [0.05, 0.1) is 5.92 Å². The molecule has 0 bridgehead atoms. The van der Waals surface area contributed by atoms with Gasteiger partial charge in [-0.2, -0.15) is 0 Å². The molecule has 1 unspecified atom stereocenters. The Hall–Kier alpha value is 0.130. The number of carbonyl (C=O) groups excluding carboxylic acids is 1. The van der Waals surface area contributed by atoms with Crippen molar-refractivity contribution in [2.75, 3.05) is 11.5 Å². The molecule has 0 spiro atoms. The van der Waals surface area contributed by atoms with E-state index < -0.39 is 6.10 Å². The van der Waals surface area contributed by atoms with Gasteiger partial charge in [-0.25, -0.2) is 0 Å².